The maximum absolute atomic E-state index is 12.8. The summed E-state index contributed by atoms with van der Waals surface area (Å²) in [7, 11) is 0. The van der Waals surface area contributed by atoms with Crippen LogP contribution in [0, 0.1) is 5.82 Å². The van der Waals surface area contributed by atoms with Crippen LogP contribution in [0.3, 0.4) is 0 Å². The summed E-state index contributed by atoms with van der Waals surface area (Å²) in [5, 5.41) is 2.68. The number of likely N-dealkylation sites (tertiary alicyclic amines) is 1. The normalized spacial score (nSPS) is 15.2. The predicted octanol–water partition coefficient (Wildman–Crippen LogP) is 2.90. The maximum Gasteiger partial charge on any atom is 0.234 e. The van der Waals surface area contributed by atoms with E-state index in [1.165, 1.54) is 48.9 Å². The lowest BCUT2D eigenvalue weighted by Crippen LogP contribution is -2.33. The number of thioether (sulfide) groups is 1. The second-order valence-corrected chi connectivity index (χ2v) is 6.33. The van der Waals surface area contributed by atoms with Crippen molar-refractivity contribution >= 4 is 29.3 Å². The topological polar surface area (TPSA) is 49.4 Å². The van der Waals surface area contributed by atoms with Gasteiger partial charge in [-0.1, -0.05) is 12.8 Å². The van der Waals surface area contributed by atoms with Gasteiger partial charge in [-0.25, -0.2) is 4.39 Å². The second-order valence-electron chi connectivity index (χ2n) is 5.34. The van der Waals surface area contributed by atoms with E-state index in [-0.39, 0.29) is 23.4 Å². The number of nitrogens with one attached hydrogen (secondary N) is 1. The van der Waals surface area contributed by atoms with Crippen molar-refractivity contribution in [2.75, 3.05) is 29.9 Å². The molecule has 2 amide bonds. The molecule has 2 rings (SSSR count). The Balaban J connectivity index is 1.67. The minimum absolute atomic E-state index is 0.112. The fourth-order valence-electron chi connectivity index (χ4n) is 2.37. The molecule has 0 radical (unpaired) electrons. The number of halogens is 1. The van der Waals surface area contributed by atoms with E-state index in [4.69, 9.17) is 0 Å². The second kappa shape index (κ2) is 8.78. The Hall–Kier alpha value is -1.56. The molecule has 1 aromatic carbocycles. The van der Waals surface area contributed by atoms with Gasteiger partial charge in [-0.3, -0.25) is 9.59 Å². The first-order chi connectivity index (χ1) is 10.6. The number of carbonyl (C=O) groups is 2. The van der Waals surface area contributed by atoms with E-state index in [0.29, 0.717) is 11.4 Å². The molecule has 6 heteroatoms. The van der Waals surface area contributed by atoms with Gasteiger partial charge in [0, 0.05) is 18.8 Å². The third-order valence-electron chi connectivity index (χ3n) is 3.55. The quantitative estimate of drug-likeness (QED) is 0.906. The molecule has 0 aromatic heterocycles. The molecular weight excluding hydrogens is 303 g/mol. The average Bonchev–Trinajstić information content (AvgIpc) is 2.79. The van der Waals surface area contributed by atoms with Crippen LogP contribution in [-0.2, 0) is 9.59 Å². The van der Waals surface area contributed by atoms with Gasteiger partial charge in [0.05, 0.1) is 11.5 Å². The largest absolute Gasteiger partial charge is 0.342 e. The van der Waals surface area contributed by atoms with Gasteiger partial charge in [0.25, 0.3) is 0 Å². The molecule has 1 N–H and O–H groups in total. The lowest BCUT2D eigenvalue weighted by molar-refractivity contribution is -0.128. The van der Waals surface area contributed by atoms with Crippen molar-refractivity contribution in [1.82, 2.24) is 4.90 Å². The predicted molar refractivity (Wildman–Crippen MR) is 87.4 cm³/mol. The van der Waals surface area contributed by atoms with Gasteiger partial charge in [0.1, 0.15) is 5.82 Å². The van der Waals surface area contributed by atoms with Crippen molar-refractivity contribution in [2.45, 2.75) is 25.7 Å². The molecule has 1 aliphatic rings. The van der Waals surface area contributed by atoms with E-state index in [2.05, 4.69) is 5.32 Å². The van der Waals surface area contributed by atoms with Crippen LogP contribution in [0.15, 0.2) is 24.3 Å². The molecule has 1 fully saturated rings. The lowest BCUT2D eigenvalue weighted by atomic mass is 10.2. The van der Waals surface area contributed by atoms with Crippen LogP contribution >= 0.6 is 11.8 Å². The van der Waals surface area contributed by atoms with Crippen LogP contribution in [0.2, 0.25) is 0 Å². The molecule has 4 nitrogen and oxygen atoms in total. The molecule has 120 valence electrons. The Morgan fingerprint density at radius 2 is 1.68 bits per heavy atom. The zero-order valence-electron chi connectivity index (χ0n) is 12.5. The van der Waals surface area contributed by atoms with E-state index in [0.717, 1.165) is 25.9 Å². The summed E-state index contributed by atoms with van der Waals surface area (Å²) in [6.45, 7) is 1.67. The van der Waals surface area contributed by atoms with Gasteiger partial charge in [-0.15, -0.1) is 11.8 Å². The number of hydrogen-bond donors (Lipinski definition) is 1. The summed E-state index contributed by atoms with van der Waals surface area (Å²) in [5.41, 5.74) is 0.561. The average molecular weight is 324 g/mol. The minimum Gasteiger partial charge on any atom is -0.342 e. The van der Waals surface area contributed by atoms with Crippen molar-refractivity contribution in [3.05, 3.63) is 30.1 Å². The lowest BCUT2D eigenvalue weighted by Gasteiger charge is -2.19. The monoisotopic (exact) mass is 324 g/mol. The van der Waals surface area contributed by atoms with Gasteiger partial charge in [-0.05, 0) is 37.1 Å². The number of carbonyl (C=O) groups excluding carboxylic acids is 2. The number of hydrogen-bond acceptors (Lipinski definition) is 3. The summed E-state index contributed by atoms with van der Waals surface area (Å²) in [4.78, 5) is 25.7. The molecule has 0 spiro atoms. The van der Waals surface area contributed by atoms with Crippen LogP contribution in [0.5, 0.6) is 0 Å². The van der Waals surface area contributed by atoms with Crippen LogP contribution in [-0.4, -0.2) is 41.3 Å². The highest BCUT2D eigenvalue weighted by Crippen LogP contribution is 2.13. The molecule has 0 atom stereocenters. The van der Waals surface area contributed by atoms with Gasteiger partial charge < -0.3 is 10.2 Å². The number of benzene rings is 1. The van der Waals surface area contributed by atoms with Crippen molar-refractivity contribution in [3.63, 3.8) is 0 Å². The third kappa shape index (κ3) is 5.67. The maximum atomic E-state index is 12.8. The fraction of sp³-hybridized carbons (Fsp3) is 0.500. The summed E-state index contributed by atoms with van der Waals surface area (Å²) in [6.07, 6.45) is 4.52. The number of amides is 2. The number of anilines is 1. The van der Waals surface area contributed by atoms with Gasteiger partial charge >= 0.3 is 0 Å². The highest BCUT2D eigenvalue weighted by molar-refractivity contribution is 8.00. The highest BCUT2D eigenvalue weighted by atomic mass is 32.2. The molecule has 0 bridgehead atoms. The summed E-state index contributed by atoms with van der Waals surface area (Å²) >= 11 is 1.31. The molecule has 0 aliphatic carbocycles. The van der Waals surface area contributed by atoms with Gasteiger partial charge in [0.2, 0.25) is 11.8 Å². The molecular formula is C16H21FN2O2S. The summed E-state index contributed by atoms with van der Waals surface area (Å²) in [6, 6.07) is 5.62. The standard InChI is InChI=1S/C16H21FN2O2S/c17-13-5-7-14(8-6-13)18-15(20)11-22-12-16(21)19-9-3-1-2-4-10-19/h5-8H,1-4,9-12H2,(H,18,20). The summed E-state index contributed by atoms with van der Waals surface area (Å²) < 4.78 is 12.8. The SMILES string of the molecule is O=C(CSCC(=O)N1CCCCCC1)Nc1ccc(F)cc1. The fourth-order valence-corrected chi connectivity index (χ4v) is 3.09. The van der Waals surface area contributed by atoms with Gasteiger partial charge in [-0.2, -0.15) is 0 Å². The van der Waals surface area contributed by atoms with Crippen LogP contribution in [0.1, 0.15) is 25.7 Å². The van der Waals surface area contributed by atoms with Crippen LogP contribution < -0.4 is 5.32 Å². The molecule has 1 saturated heterocycles. The Labute approximate surface area is 134 Å². The first-order valence-corrected chi connectivity index (χ1v) is 8.71. The van der Waals surface area contributed by atoms with Crippen molar-refractivity contribution in [3.8, 4) is 0 Å². The Morgan fingerprint density at radius 1 is 1.05 bits per heavy atom. The summed E-state index contributed by atoms with van der Waals surface area (Å²) in [5.74, 6) is 0.144. The van der Waals surface area contributed by atoms with Crippen LogP contribution in [0.25, 0.3) is 0 Å². The van der Waals surface area contributed by atoms with Crippen molar-refractivity contribution in [2.24, 2.45) is 0 Å². The van der Waals surface area contributed by atoms with E-state index in [1.54, 1.807) is 0 Å². The molecule has 1 aliphatic heterocycles. The Morgan fingerprint density at radius 3 is 2.32 bits per heavy atom. The Bertz CT molecular complexity index is 499. The smallest absolute Gasteiger partial charge is 0.234 e. The Kier molecular flexibility index (Phi) is 6.71. The molecule has 0 saturated carbocycles. The van der Waals surface area contributed by atoms with Crippen molar-refractivity contribution in [1.29, 1.82) is 0 Å². The van der Waals surface area contributed by atoms with E-state index in [9.17, 15) is 14.0 Å². The van der Waals surface area contributed by atoms with E-state index in [1.807, 2.05) is 4.90 Å². The molecule has 22 heavy (non-hydrogen) atoms. The van der Waals surface area contributed by atoms with Gasteiger partial charge in [0.15, 0.2) is 0 Å². The molecule has 0 unspecified atom stereocenters. The van der Waals surface area contributed by atoms with Crippen LogP contribution in [0.4, 0.5) is 10.1 Å². The number of nitrogens with zero attached hydrogens (tertiary/aromatic N) is 1. The first kappa shape index (κ1) is 16.8. The zero-order chi connectivity index (χ0) is 15.8. The third-order valence-corrected chi connectivity index (χ3v) is 4.46. The zero-order valence-corrected chi connectivity index (χ0v) is 13.3. The molecule has 1 heterocycles. The van der Waals surface area contributed by atoms with E-state index < -0.39 is 0 Å². The molecule has 1 aromatic rings. The first-order valence-electron chi connectivity index (χ1n) is 7.56. The number of rotatable bonds is 5. The van der Waals surface area contributed by atoms with E-state index >= 15 is 0 Å². The highest BCUT2D eigenvalue weighted by Gasteiger charge is 2.15. The minimum atomic E-state index is -0.338. The van der Waals surface area contributed by atoms with Crippen molar-refractivity contribution < 1.29 is 14.0 Å².